The fraction of sp³-hybridized carbons (Fsp3) is 0.286. The Bertz CT molecular complexity index is 1010. The molecule has 32 heavy (non-hydrogen) atoms. The van der Waals surface area contributed by atoms with E-state index in [2.05, 4.69) is 24.9 Å². The fourth-order valence-electron chi connectivity index (χ4n) is 1.75. The van der Waals surface area contributed by atoms with E-state index in [0.717, 1.165) is 0 Å². The Morgan fingerprint density at radius 2 is 1.56 bits per heavy atom. The number of hydrogen-bond acceptors (Lipinski definition) is 7. The summed E-state index contributed by atoms with van der Waals surface area (Å²) in [6.07, 6.45) is -23.3. The van der Waals surface area contributed by atoms with Crippen LogP contribution >= 0.6 is 0 Å². The van der Waals surface area contributed by atoms with E-state index in [-0.39, 0.29) is 24.0 Å². The lowest BCUT2D eigenvalue weighted by Crippen LogP contribution is -2.42. The predicted molar refractivity (Wildman–Crippen MR) is 81.1 cm³/mol. The molecule has 18 heteroatoms. The molecule has 1 aromatic carbocycles. The fourth-order valence-corrected chi connectivity index (χ4v) is 1.75. The normalized spacial score (nSPS) is 13.5. The van der Waals surface area contributed by atoms with Crippen molar-refractivity contribution < 1.29 is 53.4 Å². The van der Waals surface area contributed by atoms with Crippen LogP contribution in [0, 0.1) is 11.3 Å². The van der Waals surface area contributed by atoms with E-state index in [0.29, 0.717) is 6.20 Å². The standard InChI is InChI=1S/C14H6F10N6O2/c15-11(16,17)13(21,22)31-7-1-2-9(32-14(23,24)12(18,19)20)8(3-7)26-5-6(4-25)10-27-29-30-28-10/h1-3,5,26H,(H,27,28,29,30). The van der Waals surface area contributed by atoms with Gasteiger partial charge in [0.05, 0.1) is 5.69 Å². The maximum Gasteiger partial charge on any atom is 0.499 e. The van der Waals surface area contributed by atoms with Crippen molar-refractivity contribution in [2.24, 2.45) is 0 Å². The molecule has 2 N–H and O–H groups in total. The van der Waals surface area contributed by atoms with Crippen molar-refractivity contribution in [3.8, 4) is 17.6 Å². The second-order valence-electron chi connectivity index (χ2n) is 5.44. The Kier molecular flexibility index (Phi) is 6.42. The largest absolute Gasteiger partial charge is 0.499 e. The first-order valence-electron chi connectivity index (χ1n) is 7.59. The van der Waals surface area contributed by atoms with Crippen LogP contribution in [0.5, 0.6) is 11.5 Å². The zero-order chi connectivity index (χ0) is 24.4. The Morgan fingerprint density at radius 1 is 0.969 bits per heavy atom. The van der Waals surface area contributed by atoms with Gasteiger partial charge in [0.15, 0.2) is 0 Å². The van der Waals surface area contributed by atoms with Crippen molar-refractivity contribution in [1.29, 1.82) is 5.26 Å². The van der Waals surface area contributed by atoms with Crippen LogP contribution in [0.15, 0.2) is 24.4 Å². The number of H-pyrrole nitrogens is 1. The van der Waals surface area contributed by atoms with Crippen LogP contribution in [0.1, 0.15) is 5.82 Å². The minimum atomic E-state index is -6.21. The van der Waals surface area contributed by atoms with Gasteiger partial charge in [-0.15, -0.1) is 10.2 Å². The first kappa shape index (κ1) is 24.5. The topological polar surface area (TPSA) is 109 Å². The molecule has 0 unspecified atom stereocenters. The smallest absolute Gasteiger partial charge is 0.426 e. The monoisotopic (exact) mass is 480 g/mol. The van der Waals surface area contributed by atoms with E-state index in [4.69, 9.17) is 5.26 Å². The summed E-state index contributed by atoms with van der Waals surface area (Å²) >= 11 is 0. The zero-order valence-electron chi connectivity index (χ0n) is 14.7. The molecular weight excluding hydrogens is 474 g/mol. The van der Waals surface area contributed by atoms with Crippen molar-refractivity contribution in [1.82, 2.24) is 20.6 Å². The second kappa shape index (κ2) is 8.39. The van der Waals surface area contributed by atoms with Crippen LogP contribution < -0.4 is 14.8 Å². The molecule has 0 radical (unpaired) electrons. The molecule has 8 nitrogen and oxygen atoms in total. The summed E-state index contributed by atoms with van der Waals surface area (Å²) in [4.78, 5) is 0. The summed E-state index contributed by atoms with van der Waals surface area (Å²) < 4.78 is 134. The van der Waals surface area contributed by atoms with Gasteiger partial charge in [0, 0.05) is 12.3 Å². The number of aromatic nitrogens is 4. The SMILES string of the molecule is N#CC(=CNc1cc(OC(F)(F)C(F)(F)F)ccc1OC(F)(F)C(F)(F)F)c1nn[nH]n1. The quantitative estimate of drug-likeness (QED) is 0.451. The first-order chi connectivity index (χ1) is 14.6. The van der Waals surface area contributed by atoms with Crippen molar-refractivity contribution >= 4 is 11.3 Å². The van der Waals surface area contributed by atoms with Gasteiger partial charge in [-0.3, -0.25) is 0 Å². The van der Waals surface area contributed by atoms with Crippen LogP contribution in [-0.4, -0.2) is 45.2 Å². The lowest BCUT2D eigenvalue weighted by molar-refractivity contribution is -0.361. The van der Waals surface area contributed by atoms with Crippen LogP contribution in [-0.2, 0) is 0 Å². The van der Waals surface area contributed by atoms with Gasteiger partial charge in [0.2, 0.25) is 5.82 Å². The van der Waals surface area contributed by atoms with Gasteiger partial charge < -0.3 is 14.8 Å². The third-order valence-corrected chi connectivity index (χ3v) is 3.17. The number of nitriles is 1. The molecule has 0 fully saturated rings. The minimum Gasteiger partial charge on any atom is -0.426 e. The molecule has 2 aromatic rings. The molecule has 0 aliphatic heterocycles. The molecule has 1 aromatic heterocycles. The Hall–Kier alpha value is -3.78. The molecule has 0 bridgehead atoms. The van der Waals surface area contributed by atoms with Crippen molar-refractivity contribution in [2.75, 3.05) is 5.32 Å². The van der Waals surface area contributed by atoms with Gasteiger partial charge in [-0.2, -0.15) is 54.4 Å². The molecule has 1 heterocycles. The molecule has 174 valence electrons. The number of benzene rings is 1. The summed E-state index contributed by atoms with van der Waals surface area (Å²) in [7, 11) is 0. The summed E-state index contributed by atoms with van der Waals surface area (Å²) in [6, 6.07) is 2.11. The number of halogens is 10. The number of anilines is 1. The van der Waals surface area contributed by atoms with Gasteiger partial charge in [0.1, 0.15) is 23.1 Å². The highest BCUT2D eigenvalue weighted by molar-refractivity contribution is 5.75. The number of tetrazole rings is 1. The molecule has 0 amide bonds. The van der Waals surface area contributed by atoms with Crippen molar-refractivity contribution in [3.63, 3.8) is 0 Å². The molecule has 0 aliphatic rings. The van der Waals surface area contributed by atoms with Gasteiger partial charge in [-0.1, -0.05) is 0 Å². The number of hydrogen-bond donors (Lipinski definition) is 2. The summed E-state index contributed by atoms with van der Waals surface area (Å²) in [5.41, 5.74) is -1.51. The summed E-state index contributed by atoms with van der Waals surface area (Å²) in [5, 5.41) is 22.8. The van der Waals surface area contributed by atoms with E-state index in [1.807, 2.05) is 10.5 Å². The average Bonchev–Trinajstić information content (AvgIpc) is 3.16. The van der Waals surface area contributed by atoms with Crippen LogP contribution in [0.3, 0.4) is 0 Å². The number of rotatable bonds is 7. The van der Waals surface area contributed by atoms with E-state index >= 15 is 0 Å². The van der Waals surface area contributed by atoms with Crippen LogP contribution in [0.2, 0.25) is 0 Å². The Labute approximate surface area is 169 Å². The van der Waals surface area contributed by atoms with Gasteiger partial charge in [-0.05, 0) is 17.3 Å². The lowest BCUT2D eigenvalue weighted by Gasteiger charge is -2.23. The third kappa shape index (κ3) is 5.47. The highest BCUT2D eigenvalue weighted by Crippen LogP contribution is 2.42. The van der Waals surface area contributed by atoms with Crippen LogP contribution in [0.25, 0.3) is 5.57 Å². The first-order valence-corrected chi connectivity index (χ1v) is 7.59. The minimum absolute atomic E-state index is 0.198. The van der Waals surface area contributed by atoms with Crippen molar-refractivity contribution in [3.05, 3.63) is 30.2 Å². The number of allylic oxidation sites excluding steroid dienone is 1. The van der Waals surface area contributed by atoms with Gasteiger partial charge >= 0.3 is 24.6 Å². The van der Waals surface area contributed by atoms with E-state index in [1.54, 1.807) is 0 Å². The predicted octanol–water partition coefficient (Wildman–Crippen LogP) is 4.24. The number of ether oxygens (including phenoxy) is 2. The van der Waals surface area contributed by atoms with E-state index < -0.39 is 47.3 Å². The number of nitrogens with zero attached hydrogens (tertiary/aromatic N) is 4. The molecule has 0 saturated carbocycles. The third-order valence-electron chi connectivity index (χ3n) is 3.17. The second-order valence-corrected chi connectivity index (χ2v) is 5.44. The number of nitrogens with one attached hydrogen (secondary N) is 2. The van der Waals surface area contributed by atoms with E-state index in [1.165, 1.54) is 6.07 Å². The summed E-state index contributed by atoms with van der Waals surface area (Å²) in [6.45, 7) is 0. The molecule has 2 rings (SSSR count). The lowest BCUT2D eigenvalue weighted by atomic mass is 10.2. The van der Waals surface area contributed by atoms with Crippen molar-refractivity contribution in [2.45, 2.75) is 24.6 Å². The maximum absolute atomic E-state index is 13.2. The maximum atomic E-state index is 13.2. The van der Waals surface area contributed by atoms with Gasteiger partial charge in [0.25, 0.3) is 0 Å². The van der Waals surface area contributed by atoms with Gasteiger partial charge in [-0.25, -0.2) is 0 Å². The molecular formula is C14H6F10N6O2. The molecule has 0 spiro atoms. The Balaban J connectivity index is 2.46. The average molecular weight is 480 g/mol. The number of aromatic amines is 1. The van der Waals surface area contributed by atoms with E-state index in [9.17, 15) is 43.9 Å². The highest BCUT2D eigenvalue weighted by Gasteiger charge is 2.62. The summed E-state index contributed by atoms with van der Waals surface area (Å²) in [5.74, 6) is -3.04. The highest BCUT2D eigenvalue weighted by atomic mass is 19.4. The number of alkyl halides is 10. The van der Waals surface area contributed by atoms with Crippen LogP contribution in [0.4, 0.5) is 49.6 Å². The zero-order valence-corrected chi connectivity index (χ0v) is 14.7. The molecule has 0 saturated heterocycles. The molecule has 0 atom stereocenters. The molecule has 0 aliphatic carbocycles. The Morgan fingerprint density at radius 3 is 2.06 bits per heavy atom.